The van der Waals surface area contributed by atoms with E-state index in [4.69, 9.17) is 9.47 Å². The fraction of sp³-hybridized carbons (Fsp3) is 0.333. The predicted octanol–water partition coefficient (Wildman–Crippen LogP) is 2.91. The fourth-order valence-corrected chi connectivity index (χ4v) is 3.91. The van der Waals surface area contributed by atoms with Crippen LogP contribution in [0, 0.1) is 0 Å². The van der Waals surface area contributed by atoms with Crippen molar-refractivity contribution in [3.63, 3.8) is 0 Å². The summed E-state index contributed by atoms with van der Waals surface area (Å²) in [4.78, 5) is 24.8. The number of benzene rings is 2. The maximum Gasteiger partial charge on any atom is 0.338 e. The summed E-state index contributed by atoms with van der Waals surface area (Å²) in [7, 11) is -0.809. The van der Waals surface area contributed by atoms with Crippen molar-refractivity contribution in [3.8, 4) is 5.75 Å². The molecular weight excluding hydrogens is 408 g/mol. The number of para-hydroxylation sites is 2. The van der Waals surface area contributed by atoms with Gasteiger partial charge in [0.05, 0.1) is 23.3 Å². The van der Waals surface area contributed by atoms with Gasteiger partial charge in [0.1, 0.15) is 5.75 Å². The number of hydrogen-bond donors (Lipinski definition) is 1. The molecule has 2 rings (SSSR count). The maximum atomic E-state index is 12.6. The Morgan fingerprint density at radius 1 is 1.03 bits per heavy atom. The number of hydrogen-bond acceptors (Lipinski definition) is 6. The van der Waals surface area contributed by atoms with E-state index < -0.39 is 28.0 Å². The SMILES string of the molecule is COc1ccccc1NC(=O)C(C)OC(=O)c1cccc(S(=O)(=O)N(C)C(C)C)c1. The van der Waals surface area contributed by atoms with Crippen molar-refractivity contribution in [2.45, 2.75) is 37.8 Å². The first-order valence-electron chi connectivity index (χ1n) is 9.31. The van der Waals surface area contributed by atoms with E-state index in [1.807, 2.05) is 0 Å². The molecule has 1 unspecified atom stereocenters. The van der Waals surface area contributed by atoms with Crippen LogP contribution in [0.3, 0.4) is 0 Å². The number of methoxy groups -OCH3 is 1. The molecule has 0 bridgehead atoms. The van der Waals surface area contributed by atoms with Gasteiger partial charge in [0.2, 0.25) is 10.0 Å². The molecule has 1 amide bonds. The van der Waals surface area contributed by atoms with Crippen LogP contribution in [0.15, 0.2) is 53.4 Å². The second-order valence-electron chi connectivity index (χ2n) is 6.88. The Bertz CT molecular complexity index is 1020. The Balaban J connectivity index is 2.13. The van der Waals surface area contributed by atoms with Gasteiger partial charge in [0.15, 0.2) is 6.10 Å². The van der Waals surface area contributed by atoms with E-state index in [-0.39, 0.29) is 16.5 Å². The zero-order valence-corrected chi connectivity index (χ0v) is 18.4. The molecule has 8 nitrogen and oxygen atoms in total. The van der Waals surface area contributed by atoms with Gasteiger partial charge in [0, 0.05) is 13.1 Å². The fourth-order valence-electron chi connectivity index (χ4n) is 2.49. The molecule has 0 fully saturated rings. The third-order valence-corrected chi connectivity index (χ3v) is 6.52. The molecule has 0 spiro atoms. The Morgan fingerprint density at radius 3 is 2.33 bits per heavy atom. The number of ether oxygens (including phenoxy) is 2. The average Bonchev–Trinajstić information content (AvgIpc) is 2.73. The van der Waals surface area contributed by atoms with E-state index >= 15 is 0 Å². The highest BCUT2D eigenvalue weighted by molar-refractivity contribution is 7.89. The van der Waals surface area contributed by atoms with Gasteiger partial charge in [-0.15, -0.1) is 0 Å². The van der Waals surface area contributed by atoms with Crippen LogP contribution < -0.4 is 10.1 Å². The molecule has 1 atom stereocenters. The van der Waals surface area contributed by atoms with Gasteiger partial charge in [-0.1, -0.05) is 18.2 Å². The Morgan fingerprint density at radius 2 is 1.70 bits per heavy atom. The van der Waals surface area contributed by atoms with E-state index in [1.54, 1.807) is 38.1 Å². The molecular formula is C21H26N2O6S. The summed E-state index contributed by atoms with van der Waals surface area (Å²) in [5, 5.41) is 2.64. The second kappa shape index (κ2) is 9.73. The number of carbonyl (C=O) groups is 2. The van der Waals surface area contributed by atoms with Gasteiger partial charge in [-0.05, 0) is 51.1 Å². The third kappa shape index (κ3) is 5.37. The number of carbonyl (C=O) groups excluding carboxylic acids is 2. The summed E-state index contributed by atoms with van der Waals surface area (Å²) in [6.07, 6.45) is -1.11. The number of rotatable bonds is 8. The Labute approximate surface area is 176 Å². The zero-order chi connectivity index (χ0) is 22.5. The Kier molecular flexibility index (Phi) is 7.58. The van der Waals surface area contributed by atoms with Crippen molar-refractivity contribution >= 4 is 27.6 Å². The highest BCUT2D eigenvalue weighted by atomic mass is 32.2. The summed E-state index contributed by atoms with van der Waals surface area (Å²) in [5.41, 5.74) is 0.475. The first-order chi connectivity index (χ1) is 14.1. The molecule has 0 aliphatic heterocycles. The molecule has 1 N–H and O–H groups in total. The quantitative estimate of drug-likeness (QED) is 0.641. The highest BCUT2D eigenvalue weighted by Gasteiger charge is 2.25. The molecule has 0 aliphatic rings. The molecule has 0 aromatic heterocycles. The van der Waals surface area contributed by atoms with Crippen LogP contribution in [0.1, 0.15) is 31.1 Å². The summed E-state index contributed by atoms with van der Waals surface area (Å²) < 4.78 is 36.9. The van der Waals surface area contributed by atoms with Crippen molar-refractivity contribution in [1.82, 2.24) is 4.31 Å². The normalized spacial score (nSPS) is 12.5. The minimum Gasteiger partial charge on any atom is -0.495 e. The number of nitrogens with zero attached hydrogens (tertiary/aromatic N) is 1. The van der Waals surface area contributed by atoms with Crippen LogP contribution in [0.25, 0.3) is 0 Å². The van der Waals surface area contributed by atoms with Crippen molar-refractivity contribution < 1.29 is 27.5 Å². The van der Waals surface area contributed by atoms with E-state index in [9.17, 15) is 18.0 Å². The van der Waals surface area contributed by atoms with Crippen molar-refractivity contribution in [2.24, 2.45) is 0 Å². The van der Waals surface area contributed by atoms with Crippen LogP contribution in [0.5, 0.6) is 5.75 Å². The van der Waals surface area contributed by atoms with Crippen LogP contribution in [-0.2, 0) is 19.6 Å². The maximum absolute atomic E-state index is 12.6. The summed E-state index contributed by atoms with van der Waals surface area (Å²) in [5.74, 6) is -0.880. The van der Waals surface area contributed by atoms with Crippen molar-refractivity contribution in [3.05, 3.63) is 54.1 Å². The molecule has 162 valence electrons. The number of sulfonamides is 1. The molecule has 0 radical (unpaired) electrons. The molecule has 30 heavy (non-hydrogen) atoms. The first-order valence-corrected chi connectivity index (χ1v) is 10.7. The van der Waals surface area contributed by atoms with Crippen molar-refractivity contribution in [1.29, 1.82) is 0 Å². The molecule has 0 saturated heterocycles. The summed E-state index contributed by atoms with van der Waals surface area (Å²) in [6, 6.07) is 12.1. The van der Waals surface area contributed by atoms with Crippen LogP contribution in [-0.4, -0.2) is 50.9 Å². The van der Waals surface area contributed by atoms with Crippen molar-refractivity contribution in [2.75, 3.05) is 19.5 Å². The van der Waals surface area contributed by atoms with Crippen LogP contribution >= 0.6 is 0 Å². The monoisotopic (exact) mass is 434 g/mol. The first kappa shape index (κ1) is 23.4. The van der Waals surface area contributed by atoms with Gasteiger partial charge >= 0.3 is 5.97 Å². The van der Waals surface area contributed by atoms with Gasteiger partial charge in [-0.3, -0.25) is 4.79 Å². The van der Waals surface area contributed by atoms with E-state index in [1.165, 1.54) is 49.7 Å². The molecule has 2 aromatic carbocycles. The largest absolute Gasteiger partial charge is 0.495 e. The molecule has 0 heterocycles. The highest BCUT2D eigenvalue weighted by Crippen LogP contribution is 2.23. The van der Waals surface area contributed by atoms with E-state index in [2.05, 4.69) is 5.32 Å². The lowest BCUT2D eigenvalue weighted by Gasteiger charge is -2.21. The zero-order valence-electron chi connectivity index (χ0n) is 17.6. The molecule has 2 aromatic rings. The lowest BCUT2D eigenvalue weighted by molar-refractivity contribution is -0.123. The Hall–Kier alpha value is -2.91. The average molecular weight is 435 g/mol. The van der Waals surface area contributed by atoms with E-state index in [0.29, 0.717) is 11.4 Å². The summed E-state index contributed by atoms with van der Waals surface area (Å²) in [6.45, 7) is 4.92. The third-order valence-electron chi connectivity index (χ3n) is 4.49. The van der Waals surface area contributed by atoms with Gasteiger partial charge < -0.3 is 14.8 Å². The number of nitrogens with one attached hydrogen (secondary N) is 1. The van der Waals surface area contributed by atoms with Gasteiger partial charge in [0.25, 0.3) is 5.91 Å². The van der Waals surface area contributed by atoms with Gasteiger partial charge in [-0.2, -0.15) is 4.31 Å². The number of anilines is 1. The van der Waals surface area contributed by atoms with E-state index in [0.717, 1.165) is 0 Å². The van der Waals surface area contributed by atoms with Crippen LogP contribution in [0.2, 0.25) is 0 Å². The summed E-state index contributed by atoms with van der Waals surface area (Å²) >= 11 is 0. The molecule has 0 saturated carbocycles. The topological polar surface area (TPSA) is 102 Å². The smallest absolute Gasteiger partial charge is 0.338 e. The number of amides is 1. The minimum atomic E-state index is -3.76. The molecule has 0 aliphatic carbocycles. The lowest BCUT2D eigenvalue weighted by atomic mass is 10.2. The standard InChI is InChI=1S/C21H26N2O6S/c1-14(2)23(4)30(26,27)17-10-8-9-16(13-17)21(25)29-15(3)20(24)22-18-11-6-7-12-19(18)28-5/h6-15H,1-5H3,(H,22,24). The lowest BCUT2D eigenvalue weighted by Crippen LogP contribution is -2.33. The molecule has 9 heteroatoms. The van der Waals surface area contributed by atoms with Gasteiger partial charge in [-0.25, -0.2) is 13.2 Å². The minimum absolute atomic E-state index is 0.0284. The predicted molar refractivity (Wildman–Crippen MR) is 113 cm³/mol. The second-order valence-corrected chi connectivity index (χ2v) is 8.88. The van der Waals surface area contributed by atoms with Crippen LogP contribution in [0.4, 0.5) is 5.69 Å². The number of esters is 1.